The number of rotatable bonds is 5. The maximum absolute atomic E-state index is 12.0. The highest BCUT2D eigenvalue weighted by Gasteiger charge is 2.18. The summed E-state index contributed by atoms with van der Waals surface area (Å²) < 4.78 is 7.86. The molecule has 0 amide bonds. The lowest BCUT2D eigenvalue weighted by Gasteiger charge is -2.23. The van der Waals surface area contributed by atoms with Crippen LogP contribution in [0.25, 0.3) is 0 Å². The van der Waals surface area contributed by atoms with Crippen molar-refractivity contribution in [3.05, 3.63) is 27.0 Å². The lowest BCUT2D eigenvalue weighted by atomic mass is 10.1. The Hall–Kier alpha value is -1.56. The van der Waals surface area contributed by atoms with E-state index >= 15 is 0 Å². The van der Waals surface area contributed by atoms with E-state index in [1.807, 2.05) is 20.8 Å². The number of nitrogens with two attached hydrogens (primary N) is 1. The first-order valence-corrected chi connectivity index (χ1v) is 5.97. The van der Waals surface area contributed by atoms with Crippen molar-refractivity contribution in [2.45, 2.75) is 45.9 Å². The van der Waals surface area contributed by atoms with Gasteiger partial charge in [0.25, 0.3) is 5.56 Å². The number of hydrogen-bond donors (Lipinski definition) is 1. The third-order valence-corrected chi connectivity index (χ3v) is 3.09. The first-order valence-electron chi connectivity index (χ1n) is 5.97. The maximum atomic E-state index is 12.0. The van der Waals surface area contributed by atoms with Crippen LogP contribution in [0.4, 0.5) is 5.69 Å². The van der Waals surface area contributed by atoms with Crippen molar-refractivity contribution in [2.24, 2.45) is 0 Å². The number of hydrogen-bond acceptors (Lipinski definition) is 4. The Bertz CT molecular complexity index is 528. The van der Waals surface area contributed by atoms with Gasteiger partial charge in [0, 0.05) is 26.4 Å². The van der Waals surface area contributed by atoms with Gasteiger partial charge in [0.05, 0.1) is 5.60 Å². The quantitative estimate of drug-likeness (QED) is 0.827. The molecule has 0 saturated heterocycles. The van der Waals surface area contributed by atoms with Gasteiger partial charge >= 0.3 is 5.69 Å². The molecular formula is C12H21N3O3. The standard InChI is InChI=1S/C12H21N3O3/c1-5-14-8-9(13)10(16)15(11(14)17)7-6-12(2,3)18-4/h8H,5-7,13H2,1-4H3. The summed E-state index contributed by atoms with van der Waals surface area (Å²) in [4.78, 5) is 23.9. The average Bonchev–Trinajstić information content (AvgIpc) is 2.33. The molecule has 0 spiro atoms. The molecule has 1 heterocycles. The Labute approximate surface area is 106 Å². The summed E-state index contributed by atoms with van der Waals surface area (Å²) in [6, 6.07) is 0. The topological polar surface area (TPSA) is 79.2 Å². The van der Waals surface area contributed by atoms with Crippen LogP contribution in [-0.4, -0.2) is 21.8 Å². The van der Waals surface area contributed by atoms with Crippen molar-refractivity contribution in [1.29, 1.82) is 0 Å². The van der Waals surface area contributed by atoms with Crippen LogP contribution in [0, 0.1) is 0 Å². The smallest absolute Gasteiger partial charge is 0.331 e. The lowest BCUT2D eigenvalue weighted by molar-refractivity contribution is 0.0115. The van der Waals surface area contributed by atoms with Gasteiger partial charge in [-0.1, -0.05) is 0 Å². The van der Waals surface area contributed by atoms with Crippen molar-refractivity contribution in [3.8, 4) is 0 Å². The van der Waals surface area contributed by atoms with Crippen LogP contribution >= 0.6 is 0 Å². The summed E-state index contributed by atoms with van der Waals surface area (Å²) in [6.07, 6.45) is 1.95. The highest BCUT2D eigenvalue weighted by Crippen LogP contribution is 2.12. The zero-order valence-electron chi connectivity index (χ0n) is 11.4. The minimum absolute atomic E-state index is 0.0895. The van der Waals surface area contributed by atoms with Crippen LogP contribution < -0.4 is 17.0 Å². The molecule has 0 saturated carbocycles. The van der Waals surface area contributed by atoms with E-state index in [-0.39, 0.29) is 17.0 Å². The monoisotopic (exact) mass is 255 g/mol. The second-order valence-electron chi connectivity index (χ2n) is 4.82. The molecule has 102 valence electrons. The molecule has 0 aliphatic rings. The van der Waals surface area contributed by atoms with E-state index in [0.29, 0.717) is 19.5 Å². The second-order valence-corrected chi connectivity index (χ2v) is 4.82. The molecule has 0 bridgehead atoms. The van der Waals surface area contributed by atoms with Crippen molar-refractivity contribution >= 4 is 5.69 Å². The molecule has 6 nitrogen and oxygen atoms in total. The van der Waals surface area contributed by atoms with E-state index in [1.54, 1.807) is 7.11 Å². The fraction of sp³-hybridized carbons (Fsp3) is 0.667. The fourth-order valence-corrected chi connectivity index (χ4v) is 1.58. The number of ether oxygens (including phenoxy) is 1. The van der Waals surface area contributed by atoms with E-state index < -0.39 is 5.56 Å². The summed E-state index contributed by atoms with van der Waals surface area (Å²) in [5.41, 5.74) is 4.56. The van der Waals surface area contributed by atoms with Crippen molar-refractivity contribution < 1.29 is 4.74 Å². The molecule has 2 N–H and O–H groups in total. The van der Waals surface area contributed by atoms with Gasteiger partial charge in [-0.25, -0.2) is 4.79 Å². The second kappa shape index (κ2) is 5.39. The Morgan fingerprint density at radius 3 is 2.50 bits per heavy atom. The molecule has 0 aromatic carbocycles. The van der Waals surface area contributed by atoms with E-state index in [0.717, 1.165) is 0 Å². The fourth-order valence-electron chi connectivity index (χ4n) is 1.58. The first kappa shape index (κ1) is 14.5. The van der Waals surface area contributed by atoms with Gasteiger partial charge in [-0.3, -0.25) is 13.9 Å². The molecule has 6 heteroatoms. The number of aromatic nitrogens is 2. The summed E-state index contributed by atoms with van der Waals surface area (Å²) in [5.74, 6) is 0. The summed E-state index contributed by atoms with van der Waals surface area (Å²) >= 11 is 0. The van der Waals surface area contributed by atoms with E-state index in [4.69, 9.17) is 10.5 Å². The highest BCUT2D eigenvalue weighted by atomic mass is 16.5. The van der Waals surface area contributed by atoms with Crippen LogP contribution in [0.3, 0.4) is 0 Å². The number of nitrogens with zero attached hydrogens (tertiary/aromatic N) is 2. The minimum Gasteiger partial charge on any atom is -0.393 e. The Balaban J connectivity index is 3.13. The van der Waals surface area contributed by atoms with Gasteiger partial charge in [-0.15, -0.1) is 0 Å². The van der Waals surface area contributed by atoms with Gasteiger partial charge in [-0.2, -0.15) is 0 Å². The van der Waals surface area contributed by atoms with E-state index in [1.165, 1.54) is 15.3 Å². The van der Waals surface area contributed by atoms with Crippen LogP contribution in [-0.2, 0) is 17.8 Å². The molecular weight excluding hydrogens is 234 g/mol. The largest absolute Gasteiger partial charge is 0.393 e. The van der Waals surface area contributed by atoms with Crippen LogP contribution in [0.2, 0.25) is 0 Å². The molecule has 0 unspecified atom stereocenters. The van der Waals surface area contributed by atoms with Gasteiger partial charge < -0.3 is 10.5 Å². The molecule has 0 radical (unpaired) electrons. The third-order valence-electron chi connectivity index (χ3n) is 3.09. The normalized spacial score (nSPS) is 11.8. The zero-order valence-corrected chi connectivity index (χ0v) is 11.4. The van der Waals surface area contributed by atoms with E-state index in [9.17, 15) is 9.59 Å². The van der Waals surface area contributed by atoms with Gasteiger partial charge in [0.15, 0.2) is 0 Å². The maximum Gasteiger partial charge on any atom is 0.331 e. The number of nitrogen functional groups attached to an aromatic ring is 1. The van der Waals surface area contributed by atoms with Gasteiger partial charge in [0.2, 0.25) is 0 Å². The average molecular weight is 255 g/mol. The van der Waals surface area contributed by atoms with E-state index in [2.05, 4.69) is 0 Å². The number of anilines is 1. The summed E-state index contributed by atoms with van der Waals surface area (Å²) in [7, 11) is 1.60. The SMILES string of the molecule is CCn1cc(N)c(=O)n(CCC(C)(C)OC)c1=O. The molecule has 1 aromatic heterocycles. The first-order chi connectivity index (χ1) is 8.32. The van der Waals surface area contributed by atoms with Crippen molar-refractivity contribution in [1.82, 2.24) is 9.13 Å². The predicted molar refractivity (Wildman–Crippen MR) is 70.8 cm³/mol. The number of aryl methyl sites for hydroxylation is 1. The molecule has 18 heavy (non-hydrogen) atoms. The van der Waals surface area contributed by atoms with Crippen LogP contribution in [0.1, 0.15) is 27.2 Å². The summed E-state index contributed by atoms with van der Waals surface area (Å²) in [5, 5.41) is 0. The Morgan fingerprint density at radius 1 is 1.39 bits per heavy atom. The predicted octanol–water partition coefficient (Wildman–Crippen LogP) is 0.427. The highest BCUT2D eigenvalue weighted by molar-refractivity contribution is 5.30. The minimum atomic E-state index is -0.434. The van der Waals surface area contributed by atoms with Gasteiger partial charge in [0.1, 0.15) is 5.69 Å². The molecule has 1 rings (SSSR count). The Morgan fingerprint density at radius 2 is 2.00 bits per heavy atom. The molecule has 1 aromatic rings. The van der Waals surface area contributed by atoms with Crippen LogP contribution in [0.15, 0.2) is 15.8 Å². The lowest BCUT2D eigenvalue weighted by Crippen LogP contribution is -2.42. The zero-order chi connectivity index (χ0) is 13.9. The summed E-state index contributed by atoms with van der Waals surface area (Å²) in [6.45, 7) is 6.42. The molecule has 0 aliphatic heterocycles. The van der Waals surface area contributed by atoms with Crippen LogP contribution in [0.5, 0.6) is 0 Å². The third kappa shape index (κ3) is 3.01. The molecule has 0 atom stereocenters. The Kier molecular flexibility index (Phi) is 4.34. The van der Waals surface area contributed by atoms with Crippen molar-refractivity contribution in [3.63, 3.8) is 0 Å². The molecule has 0 fully saturated rings. The van der Waals surface area contributed by atoms with Crippen molar-refractivity contribution in [2.75, 3.05) is 12.8 Å². The number of methoxy groups -OCH3 is 1. The van der Waals surface area contributed by atoms with Gasteiger partial charge in [-0.05, 0) is 27.2 Å². The molecule has 0 aliphatic carbocycles.